The van der Waals surface area contributed by atoms with Crippen molar-refractivity contribution >= 4 is 12.0 Å². The summed E-state index contributed by atoms with van der Waals surface area (Å²) >= 11 is 0. The molecule has 0 bridgehead atoms. The van der Waals surface area contributed by atoms with E-state index in [1.165, 1.54) is 0 Å². The molecule has 25 heavy (non-hydrogen) atoms. The standard InChI is InChI=1S/C18H21N3O4/c19-16(13-24-11-14-7-3-1-4-8-14)17(22)20-21-18(23)25-12-15-9-5-2-6-10-15/h1-10,16H,11-13,19H2,(H,20,22)(H,21,23)/t16-/m0/s1. The Morgan fingerprint density at radius 2 is 1.44 bits per heavy atom. The molecule has 2 rings (SSSR count). The fourth-order valence-electron chi connectivity index (χ4n) is 1.92. The Kier molecular flexibility index (Phi) is 7.42. The Morgan fingerprint density at radius 1 is 0.880 bits per heavy atom. The van der Waals surface area contributed by atoms with Gasteiger partial charge in [-0.2, -0.15) is 0 Å². The second-order valence-electron chi connectivity index (χ2n) is 5.28. The third-order valence-electron chi connectivity index (χ3n) is 3.25. The molecule has 7 nitrogen and oxygen atoms in total. The number of hydrogen-bond donors (Lipinski definition) is 3. The number of carbonyl (C=O) groups is 2. The van der Waals surface area contributed by atoms with E-state index in [9.17, 15) is 9.59 Å². The lowest BCUT2D eigenvalue weighted by atomic mass is 10.2. The molecule has 0 saturated carbocycles. The van der Waals surface area contributed by atoms with E-state index in [1.807, 2.05) is 60.7 Å². The largest absolute Gasteiger partial charge is 0.443 e. The summed E-state index contributed by atoms with van der Waals surface area (Å²) < 4.78 is 10.3. The molecular weight excluding hydrogens is 322 g/mol. The van der Waals surface area contributed by atoms with Crippen LogP contribution in [0.25, 0.3) is 0 Å². The first-order valence-corrected chi connectivity index (χ1v) is 7.79. The second-order valence-corrected chi connectivity index (χ2v) is 5.28. The van der Waals surface area contributed by atoms with Crippen molar-refractivity contribution in [2.75, 3.05) is 6.61 Å². The number of benzene rings is 2. The summed E-state index contributed by atoms with van der Waals surface area (Å²) in [6, 6.07) is 17.8. The highest BCUT2D eigenvalue weighted by Crippen LogP contribution is 2.01. The van der Waals surface area contributed by atoms with Crippen LogP contribution in [0.5, 0.6) is 0 Å². The number of hydrogen-bond acceptors (Lipinski definition) is 5. The zero-order valence-corrected chi connectivity index (χ0v) is 13.7. The highest BCUT2D eigenvalue weighted by Gasteiger charge is 2.14. The fraction of sp³-hybridized carbons (Fsp3) is 0.222. The molecule has 0 aromatic heterocycles. The van der Waals surface area contributed by atoms with Gasteiger partial charge in [-0.3, -0.25) is 10.2 Å². The van der Waals surface area contributed by atoms with Gasteiger partial charge in [0.2, 0.25) is 0 Å². The minimum atomic E-state index is -0.905. The van der Waals surface area contributed by atoms with E-state index in [4.69, 9.17) is 15.2 Å². The van der Waals surface area contributed by atoms with Crippen LogP contribution in [0, 0.1) is 0 Å². The summed E-state index contributed by atoms with van der Waals surface area (Å²) in [6.45, 7) is 0.491. The summed E-state index contributed by atoms with van der Waals surface area (Å²) in [4.78, 5) is 23.3. The monoisotopic (exact) mass is 343 g/mol. The van der Waals surface area contributed by atoms with E-state index in [2.05, 4.69) is 10.9 Å². The molecule has 0 spiro atoms. The Bertz CT molecular complexity index is 665. The summed E-state index contributed by atoms with van der Waals surface area (Å²) in [6.07, 6.45) is -0.769. The summed E-state index contributed by atoms with van der Waals surface area (Å²) in [5.74, 6) is -0.565. The second kappa shape index (κ2) is 10.1. The molecule has 0 aliphatic heterocycles. The van der Waals surface area contributed by atoms with E-state index < -0.39 is 18.0 Å². The molecule has 0 aliphatic rings. The van der Waals surface area contributed by atoms with Crippen LogP contribution in [0.3, 0.4) is 0 Å². The van der Waals surface area contributed by atoms with Crippen LogP contribution in [0.4, 0.5) is 4.79 Å². The molecule has 1 atom stereocenters. The third-order valence-corrected chi connectivity index (χ3v) is 3.25. The molecule has 0 radical (unpaired) electrons. The van der Waals surface area contributed by atoms with Gasteiger partial charge in [0, 0.05) is 0 Å². The Hall–Kier alpha value is -2.90. The third kappa shape index (κ3) is 7.03. The molecular formula is C18H21N3O4. The van der Waals surface area contributed by atoms with Gasteiger partial charge in [-0.05, 0) is 11.1 Å². The lowest BCUT2D eigenvalue weighted by molar-refractivity contribution is -0.124. The molecule has 2 aromatic carbocycles. The Labute approximate surface area is 146 Å². The molecule has 0 fully saturated rings. The number of hydrazine groups is 1. The van der Waals surface area contributed by atoms with E-state index >= 15 is 0 Å². The predicted molar refractivity (Wildman–Crippen MR) is 92.0 cm³/mol. The van der Waals surface area contributed by atoms with Crippen LogP contribution in [0.15, 0.2) is 60.7 Å². The average Bonchev–Trinajstić information content (AvgIpc) is 2.66. The lowest BCUT2D eigenvalue weighted by Crippen LogP contribution is -2.51. The highest BCUT2D eigenvalue weighted by molar-refractivity contribution is 5.83. The van der Waals surface area contributed by atoms with Crippen LogP contribution in [-0.4, -0.2) is 24.6 Å². The van der Waals surface area contributed by atoms with Gasteiger partial charge in [-0.25, -0.2) is 10.2 Å². The van der Waals surface area contributed by atoms with Gasteiger partial charge in [0.25, 0.3) is 5.91 Å². The van der Waals surface area contributed by atoms with Gasteiger partial charge < -0.3 is 15.2 Å². The van der Waals surface area contributed by atoms with Crippen molar-refractivity contribution in [2.45, 2.75) is 19.3 Å². The lowest BCUT2D eigenvalue weighted by Gasteiger charge is -2.13. The van der Waals surface area contributed by atoms with Gasteiger partial charge >= 0.3 is 6.09 Å². The van der Waals surface area contributed by atoms with Crippen LogP contribution in [0.2, 0.25) is 0 Å². The van der Waals surface area contributed by atoms with Crippen LogP contribution < -0.4 is 16.6 Å². The first kappa shape index (κ1) is 18.4. The quantitative estimate of drug-likeness (QED) is 0.661. The molecule has 2 aromatic rings. The molecule has 0 unspecified atom stereocenters. The van der Waals surface area contributed by atoms with Crippen molar-refractivity contribution < 1.29 is 19.1 Å². The molecule has 0 heterocycles. The van der Waals surface area contributed by atoms with Gasteiger partial charge in [-0.15, -0.1) is 0 Å². The Morgan fingerprint density at radius 3 is 2.04 bits per heavy atom. The van der Waals surface area contributed by atoms with Crippen molar-refractivity contribution in [3.63, 3.8) is 0 Å². The minimum Gasteiger partial charge on any atom is -0.443 e. The highest BCUT2D eigenvalue weighted by atomic mass is 16.6. The van der Waals surface area contributed by atoms with Gasteiger partial charge in [0.15, 0.2) is 0 Å². The summed E-state index contributed by atoms with van der Waals surface area (Å²) in [5, 5.41) is 0. The maximum absolute atomic E-state index is 11.8. The molecule has 7 heteroatoms. The Balaban J connectivity index is 1.61. The van der Waals surface area contributed by atoms with Crippen molar-refractivity contribution in [2.24, 2.45) is 5.73 Å². The van der Waals surface area contributed by atoms with Crippen molar-refractivity contribution in [3.05, 3.63) is 71.8 Å². The molecule has 0 saturated heterocycles. The van der Waals surface area contributed by atoms with Crippen molar-refractivity contribution in [1.29, 1.82) is 0 Å². The maximum Gasteiger partial charge on any atom is 0.426 e. The minimum absolute atomic E-state index is 0.0292. The van der Waals surface area contributed by atoms with Gasteiger partial charge in [0.05, 0.1) is 13.2 Å². The average molecular weight is 343 g/mol. The van der Waals surface area contributed by atoms with E-state index in [0.29, 0.717) is 6.61 Å². The van der Waals surface area contributed by atoms with Crippen LogP contribution in [0.1, 0.15) is 11.1 Å². The van der Waals surface area contributed by atoms with Crippen molar-refractivity contribution in [3.8, 4) is 0 Å². The molecule has 132 valence electrons. The normalized spacial score (nSPS) is 11.4. The first-order chi connectivity index (χ1) is 12.1. The van der Waals surface area contributed by atoms with Gasteiger partial charge in [0.1, 0.15) is 12.6 Å². The topological polar surface area (TPSA) is 103 Å². The fourth-order valence-corrected chi connectivity index (χ4v) is 1.92. The SMILES string of the molecule is N[C@@H](COCc1ccccc1)C(=O)NNC(=O)OCc1ccccc1. The zero-order valence-electron chi connectivity index (χ0n) is 13.7. The van der Waals surface area contributed by atoms with E-state index in [1.54, 1.807) is 0 Å². The number of amides is 2. The maximum atomic E-state index is 11.8. The van der Waals surface area contributed by atoms with Crippen molar-refractivity contribution in [1.82, 2.24) is 10.9 Å². The van der Waals surface area contributed by atoms with E-state index in [-0.39, 0.29) is 13.2 Å². The first-order valence-electron chi connectivity index (χ1n) is 7.79. The van der Waals surface area contributed by atoms with Crippen LogP contribution in [-0.2, 0) is 27.5 Å². The number of ether oxygens (including phenoxy) is 2. The number of nitrogens with two attached hydrogens (primary N) is 1. The van der Waals surface area contributed by atoms with E-state index in [0.717, 1.165) is 11.1 Å². The number of carbonyl (C=O) groups excluding carboxylic acids is 2. The van der Waals surface area contributed by atoms with Gasteiger partial charge in [-0.1, -0.05) is 60.7 Å². The summed E-state index contributed by atoms with van der Waals surface area (Å²) in [7, 11) is 0. The smallest absolute Gasteiger partial charge is 0.426 e. The predicted octanol–water partition coefficient (Wildman–Crippen LogP) is 1.49. The summed E-state index contributed by atoms with van der Waals surface area (Å²) in [5.41, 5.74) is 11.9. The molecule has 4 N–H and O–H groups in total. The van der Waals surface area contributed by atoms with Crippen LogP contribution >= 0.6 is 0 Å². The number of rotatable bonds is 7. The molecule has 0 aliphatic carbocycles. The molecule has 2 amide bonds. The number of nitrogens with one attached hydrogen (secondary N) is 2. The zero-order chi connectivity index (χ0) is 17.9.